The zero-order chi connectivity index (χ0) is 14.6. The van der Waals surface area contributed by atoms with Crippen molar-refractivity contribution in [3.05, 3.63) is 48.4 Å². The summed E-state index contributed by atoms with van der Waals surface area (Å²) >= 11 is 0. The van der Waals surface area contributed by atoms with E-state index in [1.807, 2.05) is 25.1 Å². The normalized spacial score (nSPS) is 13.1. The van der Waals surface area contributed by atoms with Crippen LogP contribution in [0.2, 0.25) is 0 Å². The first-order valence-corrected chi connectivity index (χ1v) is 8.29. The third-order valence-corrected chi connectivity index (χ3v) is 4.88. The highest BCUT2D eigenvalue weighted by molar-refractivity contribution is 7.91. The fourth-order valence-corrected chi connectivity index (χ4v) is 3.12. The molecule has 0 radical (unpaired) electrons. The lowest BCUT2D eigenvalue weighted by molar-refractivity contribution is 0.497. The highest BCUT2D eigenvalue weighted by atomic mass is 32.2. The molecule has 0 aliphatic heterocycles. The van der Waals surface area contributed by atoms with Gasteiger partial charge in [0.2, 0.25) is 0 Å². The summed E-state index contributed by atoms with van der Waals surface area (Å²) in [6.45, 7) is 3.65. The number of rotatable bonds is 6. The van der Waals surface area contributed by atoms with Crippen molar-refractivity contribution in [1.29, 1.82) is 0 Å². The molecule has 0 bridgehead atoms. The second-order valence-corrected chi connectivity index (χ2v) is 6.98. The lowest BCUT2D eigenvalue weighted by atomic mass is 10.2. The van der Waals surface area contributed by atoms with E-state index in [0.717, 1.165) is 5.76 Å². The van der Waals surface area contributed by atoms with Gasteiger partial charge >= 0.3 is 0 Å². The van der Waals surface area contributed by atoms with Gasteiger partial charge in [-0.3, -0.25) is 0 Å². The summed E-state index contributed by atoms with van der Waals surface area (Å²) in [6, 6.07) is 10.8. The number of hydrogen-bond acceptors (Lipinski definition) is 4. The van der Waals surface area contributed by atoms with Crippen molar-refractivity contribution in [2.45, 2.75) is 31.2 Å². The van der Waals surface area contributed by atoms with Crippen LogP contribution in [0.15, 0.2) is 52.0 Å². The fraction of sp³-hybridized carbons (Fsp3) is 0.333. The predicted octanol–water partition coefficient (Wildman–Crippen LogP) is 3.12. The van der Waals surface area contributed by atoms with Crippen molar-refractivity contribution in [2.24, 2.45) is 0 Å². The number of anilines is 1. The minimum absolute atomic E-state index is 0.0781. The summed E-state index contributed by atoms with van der Waals surface area (Å²) in [4.78, 5) is 0.355. The molecule has 1 atom stereocenters. The number of nitrogens with one attached hydrogen (secondary N) is 1. The largest absolute Gasteiger partial charge is 0.469 e. The molecule has 0 saturated heterocycles. The van der Waals surface area contributed by atoms with Gasteiger partial charge in [0.15, 0.2) is 9.84 Å². The van der Waals surface area contributed by atoms with Crippen LogP contribution in [0, 0.1) is 0 Å². The molecule has 1 aromatic heterocycles. The van der Waals surface area contributed by atoms with Gasteiger partial charge in [-0.1, -0.05) is 19.1 Å². The average Bonchev–Trinajstić information content (AvgIpc) is 2.92. The van der Waals surface area contributed by atoms with Crippen LogP contribution in [0.25, 0.3) is 0 Å². The molecule has 1 unspecified atom stereocenters. The Morgan fingerprint density at radius 1 is 1.20 bits per heavy atom. The Balaban J connectivity index is 2.17. The molecule has 0 saturated carbocycles. The van der Waals surface area contributed by atoms with Crippen LogP contribution in [0.5, 0.6) is 0 Å². The first kappa shape index (κ1) is 14.7. The zero-order valence-electron chi connectivity index (χ0n) is 11.7. The standard InChI is InChI=1S/C15H19NO3S/c1-3-20(17,18)15-9-5-4-8-14(15)16-12(2)11-13-7-6-10-19-13/h4-10,12,16H,3,11H2,1-2H3. The topological polar surface area (TPSA) is 59.3 Å². The van der Waals surface area contributed by atoms with Crippen molar-refractivity contribution in [3.63, 3.8) is 0 Å². The lowest BCUT2D eigenvalue weighted by Gasteiger charge is -2.17. The van der Waals surface area contributed by atoms with Gasteiger partial charge in [0.1, 0.15) is 5.76 Å². The first-order chi connectivity index (χ1) is 9.53. The van der Waals surface area contributed by atoms with Crippen molar-refractivity contribution >= 4 is 15.5 Å². The molecule has 0 amide bonds. The Morgan fingerprint density at radius 2 is 1.95 bits per heavy atom. The van der Waals surface area contributed by atoms with Crippen LogP contribution >= 0.6 is 0 Å². The van der Waals surface area contributed by atoms with E-state index in [-0.39, 0.29) is 11.8 Å². The molecule has 1 N–H and O–H groups in total. The summed E-state index contributed by atoms with van der Waals surface area (Å²) in [5.41, 5.74) is 0.647. The fourth-order valence-electron chi connectivity index (χ4n) is 2.06. The Labute approximate surface area is 119 Å². The Morgan fingerprint density at radius 3 is 2.60 bits per heavy atom. The molecule has 108 valence electrons. The molecular weight excluding hydrogens is 274 g/mol. The molecule has 2 aromatic rings. The predicted molar refractivity (Wildman–Crippen MR) is 79.7 cm³/mol. The maximum Gasteiger partial charge on any atom is 0.180 e. The maximum absolute atomic E-state index is 12.1. The number of furan rings is 1. The summed E-state index contributed by atoms with van der Waals surface area (Å²) in [5, 5.41) is 3.25. The third-order valence-electron chi connectivity index (χ3n) is 3.09. The van der Waals surface area contributed by atoms with Gasteiger partial charge in [-0.25, -0.2) is 8.42 Å². The molecule has 2 rings (SSSR count). The molecule has 20 heavy (non-hydrogen) atoms. The summed E-state index contributed by atoms with van der Waals surface area (Å²) in [7, 11) is -3.22. The van der Waals surface area contributed by atoms with E-state index in [1.54, 1.807) is 31.4 Å². The highest BCUT2D eigenvalue weighted by Gasteiger charge is 2.17. The van der Waals surface area contributed by atoms with Gasteiger partial charge in [-0.15, -0.1) is 0 Å². The Hall–Kier alpha value is -1.75. The molecular formula is C15H19NO3S. The molecule has 0 aliphatic carbocycles. The highest BCUT2D eigenvalue weighted by Crippen LogP contribution is 2.23. The van der Waals surface area contributed by atoms with Crippen LogP contribution in [-0.2, 0) is 16.3 Å². The average molecular weight is 293 g/mol. The molecule has 4 nitrogen and oxygen atoms in total. The van der Waals surface area contributed by atoms with Gasteiger partial charge in [-0.05, 0) is 31.2 Å². The molecule has 5 heteroatoms. The van der Waals surface area contributed by atoms with Crippen molar-refractivity contribution in [2.75, 3.05) is 11.1 Å². The van der Waals surface area contributed by atoms with Crippen LogP contribution < -0.4 is 5.32 Å². The minimum Gasteiger partial charge on any atom is -0.469 e. The van der Waals surface area contributed by atoms with Crippen LogP contribution in [0.3, 0.4) is 0 Å². The van der Waals surface area contributed by atoms with Gasteiger partial charge in [-0.2, -0.15) is 0 Å². The van der Waals surface area contributed by atoms with Crippen molar-refractivity contribution in [3.8, 4) is 0 Å². The monoisotopic (exact) mass is 293 g/mol. The van der Waals surface area contributed by atoms with Crippen LogP contribution in [0.1, 0.15) is 19.6 Å². The van der Waals surface area contributed by atoms with E-state index < -0.39 is 9.84 Å². The Bertz CT molecular complexity index is 648. The van der Waals surface area contributed by atoms with E-state index in [4.69, 9.17) is 4.42 Å². The second kappa shape index (κ2) is 6.13. The van der Waals surface area contributed by atoms with Crippen molar-refractivity contribution in [1.82, 2.24) is 0 Å². The van der Waals surface area contributed by atoms with E-state index >= 15 is 0 Å². The smallest absolute Gasteiger partial charge is 0.180 e. The first-order valence-electron chi connectivity index (χ1n) is 6.63. The molecule has 0 aliphatic rings. The number of para-hydroxylation sites is 1. The molecule has 0 spiro atoms. The molecule has 0 fully saturated rings. The summed E-state index contributed by atoms with van der Waals surface area (Å²) in [6.07, 6.45) is 2.34. The van der Waals surface area contributed by atoms with Crippen LogP contribution in [0.4, 0.5) is 5.69 Å². The van der Waals surface area contributed by atoms with E-state index in [0.29, 0.717) is 17.0 Å². The quantitative estimate of drug-likeness (QED) is 0.889. The third kappa shape index (κ3) is 3.42. The van der Waals surface area contributed by atoms with Gasteiger partial charge in [0.05, 0.1) is 22.6 Å². The van der Waals surface area contributed by atoms with E-state index in [2.05, 4.69) is 5.32 Å². The summed E-state index contributed by atoms with van der Waals surface area (Å²) in [5.74, 6) is 0.971. The second-order valence-electron chi connectivity index (χ2n) is 4.73. The van der Waals surface area contributed by atoms with Gasteiger partial charge in [0.25, 0.3) is 0 Å². The van der Waals surface area contributed by atoms with Crippen molar-refractivity contribution < 1.29 is 12.8 Å². The summed E-state index contributed by atoms with van der Waals surface area (Å²) < 4.78 is 29.4. The number of hydrogen-bond donors (Lipinski definition) is 1. The lowest BCUT2D eigenvalue weighted by Crippen LogP contribution is -2.20. The number of benzene rings is 1. The SMILES string of the molecule is CCS(=O)(=O)c1ccccc1NC(C)Cc1ccco1. The number of sulfone groups is 1. The van der Waals surface area contributed by atoms with Gasteiger partial charge in [0, 0.05) is 12.5 Å². The van der Waals surface area contributed by atoms with Crippen LogP contribution in [-0.4, -0.2) is 20.2 Å². The molecule has 1 heterocycles. The van der Waals surface area contributed by atoms with Gasteiger partial charge < -0.3 is 9.73 Å². The Kier molecular flexibility index (Phi) is 4.49. The minimum atomic E-state index is -3.22. The van der Waals surface area contributed by atoms with E-state index in [9.17, 15) is 8.42 Å². The van der Waals surface area contributed by atoms with E-state index in [1.165, 1.54) is 0 Å². The molecule has 1 aromatic carbocycles. The maximum atomic E-state index is 12.1. The zero-order valence-corrected chi connectivity index (χ0v) is 12.5.